The Kier molecular flexibility index (Phi) is 2.57. The lowest BCUT2D eigenvalue weighted by Gasteiger charge is -2.06. The number of rotatable bonds is 2. The van der Waals surface area contributed by atoms with E-state index in [1.54, 1.807) is 12.4 Å². The van der Waals surface area contributed by atoms with Crippen molar-refractivity contribution in [1.29, 1.82) is 0 Å². The van der Waals surface area contributed by atoms with E-state index in [0.29, 0.717) is 12.4 Å². The highest BCUT2D eigenvalue weighted by Gasteiger charge is 2.07. The number of fused-ring (bicyclic) bond motifs is 1. The van der Waals surface area contributed by atoms with Gasteiger partial charge in [0, 0.05) is 25.9 Å². The third-order valence-electron chi connectivity index (χ3n) is 2.93. The number of nitrogens with two attached hydrogens (primary N) is 1. The van der Waals surface area contributed by atoms with Crippen LogP contribution in [0, 0.1) is 6.92 Å². The molecule has 0 atom stereocenters. The van der Waals surface area contributed by atoms with Gasteiger partial charge >= 0.3 is 0 Å². The Morgan fingerprint density at radius 1 is 1.28 bits per heavy atom. The maximum Gasteiger partial charge on any atom is 0.192 e. The van der Waals surface area contributed by atoms with Crippen LogP contribution in [0.3, 0.4) is 0 Å². The molecule has 18 heavy (non-hydrogen) atoms. The number of hydrogen-bond donors (Lipinski definition) is 1. The topological polar surface area (TPSA) is 64.9 Å². The molecule has 0 bridgehead atoms. The Balaban J connectivity index is 2.18. The summed E-state index contributed by atoms with van der Waals surface area (Å²) >= 11 is 0. The van der Waals surface area contributed by atoms with E-state index in [1.165, 1.54) is 0 Å². The van der Waals surface area contributed by atoms with E-state index in [2.05, 4.69) is 9.97 Å². The molecule has 0 fully saturated rings. The molecule has 3 rings (SSSR count). The van der Waals surface area contributed by atoms with Gasteiger partial charge < -0.3 is 10.2 Å². The van der Waals surface area contributed by atoms with Gasteiger partial charge in [0.15, 0.2) is 11.5 Å². The van der Waals surface area contributed by atoms with Crippen molar-refractivity contribution in [2.75, 3.05) is 0 Å². The zero-order valence-corrected chi connectivity index (χ0v) is 10.1. The van der Waals surface area contributed by atoms with E-state index >= 15 is 0 Å². The standard InChI is InChI=1S/C14H13N3O/c1-9-17-13-3-2-10(6-14(13)18-9)12-4-5-16-8-11(12)7-15/h2-6,8H,7,15H2,1H3. The fourth-order valence-corrected chi connectivity index (χ4v) is 2.08. The van der Waals surface area contributed by atoms with Crippen LogP contribution >= 0.6 is 0 Å². The SMILES string of the molecule is Cc1nc2ccc(-c3ccncc3CN)cc2o1. The van der Waals surface area contributed by atoms with Crippen LogP contribution in [0.25, 0.3) is 22.2 Å². The Morgan fingerprint density at radius 3 is 3.00 bits per heavy atom. The molecular weight excluding hydrogens is 226 g/mol. The number of benzene rings is 1. The normalized spacial score (nSPS) is 11.0. The molecule has 1 aromatic carbocycles. The minimum absolute atomic E-state index is 0.469. The third-order valence-corrected chi connectivity index (χ3v) is 2.93. The maximum atomic E-state index is 5.73. The van der Waals surface area contributed by atoms with Gasteiger partial charge in [-0.3, -0.25) is 4.98 Å². The Hall–Kier alpha value is -2.20. The molecule has 3 aromatic rings. The van der Waals surface area contributed by atoms with E-state index in [1.807, 2.05) is 31.2 Å². The fraction of sp³-hybridized carbons (Fsp3) is 0.143. The van der Waals surface area contributed by atoms with Crippen molar-refractivity contribution in [2.45, 2.75) is 13.5 Å². The van der Waals surface area contributed by atoms with Crippen molar-refractivity contribution in [3.63, 3.8) is 0 Å². The minimum Gasteiger partial charge on any atom is -0.441 e. The van der Waals surface area contributed by atoms with Gasteiger partial charge in [-0.25, -0.2) is 4.98 Å². The third kappa shape index (κ3) is 1.76. The first-order valence-corrected chi connectivity index (χ1v) is 5.78. The van der Waals surface area contributed by atoms with E-state index < -0.39 is 0 Å². The van der Waals surface area contributed by atoms with Crippen LogP contribution in [-0.2, 0) is 6.54 Å². The van der Waals surface area contributed by atoms with Gasteiger partial charge in [0.25, 0.3) is 0 Å². The predicted octanol–water partition coefficient (Wildman–Crippen LogP) is 2.66. The largest absolute Gasteiger partial charge is 0.441 e. The monoisotopic (exact) mass is 239 g/mol. The van der Waals surface area contributed by atoms with Crippen LogP contribution in [0.15, 0.2) is 41.1 Å². The lowest BCUT2D eigenvalue weighted by Crippen LogP contribution is -1.99. The smallest absolute Gasteiger partial charge is 0.192 e. The number of aromatic nitrogens is 2. The molecule has 0 aliphatic rings. The zero-order valence-electron chi connectivity index (χ0n) is 10.1. The van der Waals surface area contributed by atoms with Crippen molar-refractivity contribution in [3.8, 4) is 11.1 Å². The summed E-state index contributed by atoms with van der Waals surface area (Å²) in [6.45, 7) is 2.31. The van der Waals surface area contributed by atoms with Crippen molar-refractivity contribution in [1.82, 2.24) is 9.97 Å². The first-order chi connectivity index (χ1) is 8.78. The molecule has 2 N–H and O–H groups in total. The van der Waals surface area contributed by atoms with Gasteiger partial charge in [-0.15, -0.1) is 0 Å². The molecule has 0 spiro atoms. The summed E-state index contributed by atoms with van der Waals surface area (Å²) in [5.74, 6) is 0.677. The fourth-order valence-electron chi connectivity index (χ4n) is 2.08. The summed E-state index contributed by atoms with van der Waals surface area (Å²) in [4.78, 5) is 8.38. The number of nitrogens with zero attached hydrogens (tertiary/aromatic N) is 2. The van der Waals surface area contributed by atoms with Gasteiger partial charge in [-0.05, 0) is 34.9 Å². The van der Waals surface area contributed by atoms with Gasteiger partial charge in [-0.2, -0.15) is 0 Å². The molecule has 0 aliphatic carbocycles. The van der Waals surface area contributed by atoms with Crippen LogP contribution in [0.4, 0.5) is 0 Å². The Bertz CT molecular complexity index is 703. The quantitative estimate of drug-likeness (QED) is 0.746. The summed E-state index contributed by atoms with van der Waals surface area (Å²) in [6, 6.07) is 7.94. The molecule has 0 aliphatic heterocycles. The molecule has 0 saturated heterocycles. The van der Waals surface area contributed by atoms with Crippen molar-refractivity contribution < 1.29 is 4.42 Å². The summed E-state index contributed by atoms with van der Waals surface area (Å²) in [6.07, 6.45) is 3.56. The van der Waals surface area contributed by atoms with Crippen LogP contribution in [0.1, 0.15) is 11.5 Å². The molecule has 0 radical (unpaired) electrons. The van der Waals surface area contributed by atoms with Crippen molar-refractivity contribution in [3.05, 3.63) is 48.1 Å². The number of pyridine rings is 1. The molecule has 2 aromatic heterocycles. The lowest BCUT2D eigenvalue weighted by molar-refractivity contribution is 0.561. The second kappa shape index (κ2) is 4.23. The van der Waals surface area contributed by atoms with E-state index in [0.717, 1.165) is 27.8 Å². The van der Waals surface area contributed by atoms with Crippen LogP contribution in [0.5, 0.6) is 0 Å². The molecule has 4 nitrogen and oxygen atoms in total. The summed E-state index contributed by atoms with van der Waals surface area (Å²) in [7, 11) is 0. The number of oxazole rings is 1. The second-order valence-electron chi connectivity index (χ2n) is 4.15. The molecule has 4 heteroatoms. The number of aryl methyl sites for hydroxylation is 1. The Labute approximate surface area is 104 Å². The molecule has 0 unspecified atom stereocenters. The lowest BCUT2D eigenvalue weighted by atomic mass is 10.0. The average molecular weight is 239 g/mol. The van der Waals surface area contributed by atoms with Crippen molar-refractivity contribution in [2.24, 2.45) is 5.73 Å². The van der Waals surface area contributed by atoms with E-state index in [9.17, 15) is 0 Å². The predicted molar refractivity (Wildman–Crippen MR) is 69.9 cm³/mol. The second-order valence-corrected chi connectivity index (χ2v) is 4.15. The average Bonchev–Trinajstić information content (AvgIpc) is 2.77. The highest BCUT2D eigenvalue weighted by molar-refractivity contribution is 5.81. The maximum absolute atomic E-state index is 5.73. The van der Waals surface area contributed by atoms with Crippen LogP contribution < -0.4 is 5.73 Å². The van der Waals surface area contributed by atoms with Crippen LogP contribution in [0.2, 0.25) is 0 Å². The molecule has 90 valence electrons. The molecule has 0 saturated carbocycles. The minimum atomic E-state index is 0.469. The highest BCUT2D eigenvalue weighted by atomic mass is 16.3. The van der Waals surface area contributed by atoms with Gasteiger partial charge in [0.2, 0.25) is 0 Å². The molecular formula is C14H13N3O. The van der Waals surface area contributed by atoms with Gasteiger partial charge in [0.1, 0.15) is 5.52 Å². The molecule has 2 heterocycles. The van der Waals surface area contributed by atoms with Gasteiger partial charge in [0.05, 0.1) is 0 Å². The molecule has 0 amide bonds. The summed E-state index contributed by atoms with van der Waals surface area (Å²) in [5, 5.41) is 0. The van der Waals surface area contributed by atoms with E-state index in [-0.39, 0.29) is 0 Å². The van der Waals surface area contributed by atoms with E-state index in [4.69, 9.17) is 10.2 Å². The van der Waals surface area contributed by atoms with Gasteiger partial charge in [-0.1, -0.05) is 6.07 Å². The van der Waals surface area contributed by atoms with Crippen molar-refractivity contribution >= 4 is 11.1 Å². The van der Waals surface area contributed by atoms with Crippen LogP contribution in [-0.4, -0.2) is 9.97 Å². The number of hydrogen-bond acceptors (Lipinski definition) is 4. The highest BCUT2D eigenvalue weighted by Crippen LogP contribution is 2.26. The first kappa shape index (κ1) is 10.9. The Morgan fingerprint density at radius 2 is 2.17 bits per heavy atom. The zero-order chi connectivity index (χ0) is 12.5. The first-order valence-electron chi connectivity index (χ1n) is 5.78. The summed E-state index contributed by atoms with van der Waals surface area (Å²) < 4.78 is 5.55. The summed E-state index contributed by atoms with van der Waals surface area (Å²) in [5.41, 5.74) is 10.6.